The van der Waals surface area contributed by atoms with Crippen LogP contribution in [0, 0.1) is 6.92 Å². The first kappa shape index (κ1) is 13.1. The average molecular weight is 283 g/mol. The zero-order chi connectivity index (χ0) is 15.1. The van der Waals surface area contributed by atoms with Crippen molar-refractivity contribution >= 4 is 16.7 Å². The molecule has 0 aliphatic carbocycles. The van der Waals surface area contributed by atoms with Crippen LogP contribution in [0.15, 0.2) is 45.6 Å². The Balaban J connectivity index is 2.33. The maximum atomic E-state index is 12.2. The molecule has 3 aromatic rings. The molecular weight excluding hydrogens is 270 g/mol. The van der Waals surface area contributed by atoms with E-state index in [4.69, 9.17) is 10.2 Å². The first-order valence-electron chi connectivity index (χ1n) is 6.32. The third-order valence-electron chi connectivity index (χ3n) is 3.31. The van der Waals surface area contributed by atoms with Crippen LogP contribution in [0.25, 0.3) is 22.3 Å². The average Bonchev–Trinajstić information content (AvgIpc) is 2.46. The van der Waals surface area contributed by atoms with Gasteiger partial charge < -0.3 is 20.4 Å². The molecule has 21 heavy (non-hydrogen) atoms. The molecule has 1 heterocycles. The van der Waals surface area contributed by atoms with E-state index in [1.54, 1.807) is 12.1 Å². The second-order valence-electron chi connectivity index (χ2n) is 4.88. The summed E-state index contributed by atoms with van der Waals surface area (Å²) in [7, 11) is 0. The summed E-state index contributed by atoms with van der Waals surface area (Å²) in [6.07, 6.45) is 0. The number of phenols is 1. The van der Waals surface area contributed by atoms with Gasteiger partial charge in [0.15, 0.2) is 5.76 Å². The van der Waals surface area contributed by atoms with Gasteiger partial charge in [-0.2, -0.15) is 0 Å². The van der Waals surface area contributed by atoms with Crippen molar-refractivity contribution in [3.05, 3.63) is 52.2 Å². The Morgan fingerprint density at radius 2 is 1.86 bits per heavy atom. The molecule has 106 valence electrons. The Labute approximate surface area is 119 Å². The zero-order valence-electron chi connectivity index (χ0n) is 11.3. The van der Waals surface area contributed by atoms with Gasteiger partial charge >= 0.3 is 0 Å². The molecule has 0 bridgehead atoms. The van der Waals surface area contributed by atoms with Crippen molar-refractivity contribution in [3.8, 4) is 22.8 Å². The lowest BCUT2D eigenvalue weighted by atomic mass is 10.1. The van der Waals surface area contributed by atoms with Crippen molar-refractivity contribution < 1.29 is 14.6 Å². The molecule has 1 aromatic heterocycles. The number of rotatable bonds is 1. The van der Waals surface area contributed by atoms with Gasteiger partial charge in [0.2, 0.25) is 11.2 Å². The molecule has 0 unspecified atom stereocenters. The van der Waals surface area contributed by atoms with E-state index in [0.29, 0.717) is 16.5 Å². The molecule has 0 aliphatic heterocycles. The molecule has 0 fully saturated rings. The van der Waals surface area contributed by atoms with Crippen LogP contribution in [0.2, 0.25) is 0 Å². The molecule has 2 aromatic carbocycles. The van der Waals surface area contributed by atoms with Gasteiger partial charge in [0.1, 0.15) is 11.3 Å². The highest BCUT2D eigenvalue weighted by molar-refractivity contribution is 5.83. The van der Waals surface area contributed by atoms with E-state index in [1.165, 1.54) is 18.2 Å². The van der Waals surface area contributed by atoms with Crippen molar-refractivity contribution in [1.29, 1.82) is 0 Å². The quantitative estimate of drug-likeness (QED) is 0.471. The lowest BCUT2D eigenvalue weighted by molar-refractivity contribution is 0.449. The molecule has 0 spiro atoms. The third-order valence-corrected chi connectivity index (χ3v) is 3.31. The van der Waals surface area contributed by atoms with Gasteiger partial charge in [0.25, 0.3) is 0 Å². The van der Waals surface area contributed by atoms with E-state index in [9.17, 15) is 15.0 Å². The monoisotopic (exact) mass is 283 g/mol. The third kappa shape index (κ3) is 2.08. The second kappa shape index (κ2) is 4.56. The second-order valence-corrected chi connectivity index (χ2v) is 4.88. The summed E-state index contributed by atoms with van der Waals surface area (Å²) < 4.78 is 5.62. The van der Waals surface area contributed by atoms with Crippen molar-refractivity contribution in [2.24, 2.45) is 0 Å². The van der Waals surface area contributed by atoms with Gasteiger partial charge in [0.05, 0.1) is 11.1 Å². The lowest BCUT2D eigenvalue weighted by Gasteiger charge is -2.07. The number of aryl methyl sites for hydroxylation is 1. The van der Waals surface area contributed by atoms with Crippen molar-refractivity contribution in [3.63, 3.8) is 0 Å². The van der Waals surface area contributed by atoms with E-state index < -0.39 is 11.2 Å². The van der Waals surface area contributed by atoms with Gasteiger partial charge in [0, 0.05) is 5.56 Å². The summed E-state index contributed by atoms with van der Waals surface area (Å²) >= 11 is 0. The highest BCUT2D eigenvalue weighted by Gasteiger charge is 2.16. The predicted molar refractivity (Wildman–Crippen MR) is 80.4 cm³/mol. The molecule has 0 atom stereocenters. The summed E-state index contributed by atoms with van der Waals surface area (Å²) in [5.74, 6) is -0.516. The smallest absolute Gasteiger partial charge is 0.235 e. The first-order valence-corrected chi connectivity index (χ1v) is 6.32. The topological polar surface area (TPSA) is 96.7 Å². The molecule has 0 radical (unpaired) electrons. The number of benzene rings is 2. The van der Waals surface area contributed by atoms with E-state index in [0.717, 1.165) is 5.56 Å². The van der Waals surface area contributed by atoms with Crippen LogP contribution >= 0.6 is 0 Å². The van der Waals surface area contributed by atoms with Crippen LogP contribution in [-0.2, 0) is 0 Å². The van der Waals surface area contributed by atoms with Crippen LogP contribution in [-0.4, -0.2) is 10.2 Å². The highest BCUT2D eigenvalue weighted by atomic mass is 16.4. The first-order chi connectivity index (χ1) is 9.97. The van der Waals surface area contributed by atoms with Crippen LogP contribution < -0.4 is 11.2 Å². The zero-order valence-corrected chi connectivity index (χ0v) is 11.3. The van der Waals surface area contributed by atoms with Crippen LogP contribution in [0.3, 0.4) is 0 Å². The summed E-state index contributed by atoms with van der Waals surface area (Å²) in [5.41, 5.74) is 6.96. The Bertz CT molecular complexity index is 912. The number of hydrogen-bond acceptors (Lipinski definition) is 5. The van der Waals surface area contributed by atoms with Gasteiger partial charge in [-0.25, -0.2) is 0 Å². The molecule has 0 amide bonds. The fourth-order valence-corrected chi connectivity index (χ4v) is 2.19. The van der Waals surface area contributed by atoms with Crippen LogP contribution in [0.5, 0.6) is 11.5 Å². The molecule has 3 rings (SSSR count). The van der Waals surface area contributed by atoms with Crippen LogP contribution in [0.4, 0.5) is 5.69 Å². The highest BCUT2D eigenvalue weighted by Crippen LogP contribution is 2.33. The summed E-state index contributed by atoms with van der Waals surface area (Å²) in [6, 6.07) is 9.49. The summed E-state index contributed by atoms with van der Waals surface area (Å²) in [4.78, 5) is 12.2. The number of aromatic hydroxyl groups is 2. The molecule has 0 aliphatic rings. The molecule has 5 nitrogen and oxygen atoms in total. The molecule has 0 saturated heterocycles. The molecular formula is C16H13NO4. The standard InChI is InChI=1S/C16H13NO4/c1-8-2-5-13-10(6-8)14(19)15(20)16(21-13)9-3-4-12(18)11(17)7-9/h2-7,18,20H,17H2,1H3. The largest absolute Gasteiger partial charge is 0.506 e. The number of fused-ring (bicyclic) bond motifs is 1. The van der Waals surface area contributed by atoms with E-state index in [1.807, 2.05) is 13.0 Å². The van der Waals surface area contributed by atoms with Gasteiger partial charge in [-0.15, -0.1) is 0 Å². The fraction of sp³-hybridized carbons (Fsp3) is 0.0625. The predicted octanol–water partition coefficient (Wildman–Crippen LogP) is 2.76. The number of hydrogen-bond donors (Lipinski definition) is 3. The van der Waals surface area contributed by atoms with Gasteiger partial charge in [-0.3, -0.25) is 4.79 Å². The van der Waals surface area contributed by atoms with Crippen molar-refractivity contribution in [1.82, 2.24) is 0 Å². The normalized spacial score (nSPS) is 10.9. The van der Waals surface area contributed by atoms with Gasteiger partial charge in [-0.05, 0) is 37.3 Å². The fourth-order valence-electron chi connectivity index (χ4n) is 2.19. The summed E-state index contributed by atoms with van der Waals surface area (Å²) in [6.45, 7) is 1.85. The van der Waals surface area contributed by atoms with Crippen molar-refractivity contribution in [2.75, 3.05) is 5.73 Å². The minimum absolute atomic E-state index is 0.0306. The Kier molecular flexibility index (Phi) is 2.83. The maximum Gasteiger partial charge on any atom is 0.235 e. The van der Waals surface area contributed by atoms with E-state index in [2.05, 4.69) is 0 Å². The number of nitrogens with two attached hydrogens (primary N) is 1. The van der Waals surface area contributed by atoms with E-state index in [-0.39, 0.29) is 17.2 Å². The minimum atomic E-state index is -0.499. The van der Waals surface area contributed by atoms with Crippen molar-refractivity contribution in [2.45, 2.75) is 6.92 Å². The van der Waals surface area contributed by atoms with Gasteiger partial charge in [-0.1, -0.05) is 11.6 Å². The van der Waals surface area contributed by atoms with E-state index >= 15 is 0 Å². The van der Waals surface area contributed by atoms with Crippen LogP contribution in [0.1, 0.15) is 5.56 Å². The SMILES string of the molecule is Cc1ccc2oc(-c3ccc(O)c(N)c3)c(O)c(=O)c2c1. The molecule has 0 saturated carbocycles. The Morgan fingerprint density at radius 1 is 1.10 bits per heavy atom. The number of anilines is 1. The summed E-state index contributed by atoms with van der Waals surface area (Å²) in [5, 5.41) is 19.8. The maximum absolute atomic E-state index is 12.2. The molecule has 5 heteroatoms. The number of phenolic OH excluding ortho intramolecular Hbond substituents is 1. The Morgan fingerprint density at radius 3 is 2.57 bits per heavy atom. The molecule has 4 N–H and O–H groups in total. The number of nitrogen functional groups attached to an aromatic ring is 1. The Hall–Kier alpha value is -2.95. The lowest BCUT2D eigenvalue weighted by Crippen LogP contribution is -2.03. The minimum Gasteiger partial charge on any atom is -0.506 e.